The predicted molar refractivity (Wildman–Crippen MR) is 98.0 cm³/mol. The number of hydrogen-bond donors (Lipinski definition) is 1. The van der Waals surface area contributed by atoms with Gasteiger partial charge in [0.15, 0.2) is 5.82 Å². The Hall–Kier alpha value is -3.15. The molecular formula is C20H20N4O2. The van der Waals surface area contributed by atoms with Gasteiger partial charge in [0.05, 0.1) is 13.7 Å². The summed E-state index contributed by atoms with van der Waals surface area (Å²) in [7, 11) is 1.66. The predicted octanol–water partition coefficient (Wildman–Crippen LogP) is 3.08. The second-order valence-corrected chi connectivity index (χ2v) is 6.44. The lowest BCUT2D eigenvalue weighted by Crippen LogP contribution is -2.15. The van der Waals surface area contributed by atoms with E-state index in [-0.39, 0.29) is 17.7 Å². The number of para-hydroxylation sites is 1. The van der Waals surface area contributed by atoms with E-state index in [9.17, 15) is 4.79 Å². The Labute approximate surface area is 151 Å². The van der Waals surface area contributed by atoms with Crippen LogP contribution in [0.4, 0.5) is 5.82 Å². The zero-order valence-corrected chi connectivity index (χ0v) is 14.5. The molecule has 1 fully saturated rings. The van der Waals surface area contributed by atoms with Crippen LogP contribution in [-0.2, 0) is 11.3 Å². The third-order valence-corrected chi connectivity index (χ3v) is 4.62. The SMILES string of the molecule is COc1ccccc1[C@H]1C[C@@H]1C(=O)Nc1ccn(Cc2cccnc2)n1. The highest BCUT2D eigenvalue weighted by molar-refractivity contribution is 5.94. The van der Waals surface area contributed by atoms with Gasteiger partial charge >= 0.3 is 0 Å². The highest BCUT2D eigenvalue weighted by Gasteiger charge is 2.45. The molecule has 1 amide bonds. The highest BCUT2D eigenvalue weighted by atomic mass is 16.5. The maximum atomic E-state index is 12.5. The summed E-state index contributed by atoms with van der Waals surface area (Å²) in [6.45, 7) is 0.622. The van der Waals surface area contributed by atoms with Crippen LogP contribution in [0.15, 0.2) is 61.1 Å². The summed E-state index contributed by atoms with van der Waals surface area (Å²) in [6, 6.07) is 13.6. The van der Waals surface area contributed by atoms with Crippen molar-refractivity contribution in [2.45, 2.75) is 18.9 Å². The topological polar surface area (TPSA) is 69.0 Å². The molecule has 0 spiro atoms. The second kappa shape index (κ2) is 7.00. The van der Waals surface area contributed by atoms with Crippen LogP contribution in [-0.4, -0.2) is 27.8 Å². The Kier molecular flexibility index (Phi) is 4.39. The van der Waals surface area contributed by atoms with Crippen molar-refractivity contribution < 1.29 is 9.53 Å². The van der Waals surface area contributed by atoms with Crippen LogP contribution in [0.2, 0.25) is 0 Å². The van der Waals surface area contributed by atoms with Crippen LogP contribution < -0.4 is 10.1 Å². The van der Waals surface area contributed by atoms with Gasteiger partial charge < -0.3 is 10.1 Å². The third-order valence-electron chi connectivity index (χ3n) is 4.62. The molecule has 6 heteroatoms. The quantitative estimate of drug-likeness (QED) is 0.743. The number of rotatable bonds is 6. The van der Waals surface area contributed by atoms with Crippen molar-refractivity contribution in [3.8, 4) is 5.75 Å². The first-order chi connectivity index (χ1) is 12.7. The number of ether oxygens (including phenoxy) is 1. The molecule has 1 aliphatic rings. The van der Waals surface area contributed by atoms with Gasteiger partial charge in [0, 0.05) is 30.6 Å². The molecule has 3 aromatic rings. The molecule has 6 nitrogen and oxygen atoms in total. The molecular weight excluding hydrogens is 328 g/mol. The minimum absolute atomic E-state index is 0.00698. The van der Waals surface area contributed by atoms with Crippen molar-refractivity contribution >= 4 is 11.7 Å². The van der Waals surface area contributed by atoms with Crippen molar-refractivity contribution in [2.75, 3.05) is 12.4 Å². The molecule has 0 saturated heterocycles. The molecule has 2 heterocycles. The number of carbonyl (C=O) groups excluding carboxylic acids is 1. The van der Waals surface area contributed by atoms with Gasteiger partial charge in [-0.1, -0.05) is 24.3 Å². The Bertz CT molecular complexity index is 907. The largest absolute Gasteiger partial charge is 0.496 e. The lowest BCUT2D eigenvalue weighted by atomic mass is 10.1. The summed E-state index contributed by atoms with van der Waals surface area (Å²) in [5.41, 5.74) is 2.16. The number of hydrogen-bond acceptors (Lipinski definition) is 4. The van der Waals surface area contributed by atoms with Gasteiger partial charge in [0.2, 0.25) is 5.91 Å². The number of pyridine rings is 1. The van der Waals surface area contributed by atoms with Gasteiger partial charge in [-0.25, -0.2) is 0 Å². The molecule has 1 aliphatic carbocycles. The molecule has 1 N–H and O–H groups in total. The lowest BCUT2D eigenvalue weighted by Gasteiger charge is -2.07. The highest BCUT2D eigenvalue weighted by Crippen LogP contribution is 2.50. The number of anilines is 1. The standard InChI is InChI=1S/C20H20N4O2/c1-26-18-7-3-2-6-15(18)16-11-17(16)20(25)22-19-8-10-24(23-19)13-14-5-4-9-21-12-14/h2-10,12,16-17H,11,13H2,1H3,(H,22,23,25)/t16-,17+/m1/s1. The maximum absolute atomic E-state index is 12.5. The molecule has 0 bridgehead atoms. The minimum atomic E-state index is -0.0326. The van der Waals surface area contributed by atoms with Gasteiger partial charge in [-0.3, -0.25) is 14.5 Å². The van der Waals surface area contributed by atoms with E-state index in [1.54, 1.807) is 18.0 Å². The molecule has 1 aromatic carbocycles. The fourth-order valence-corrected chi connectivity index (χ4v) is 3.22. The van der Waals surface area contributed by atoms with Crippen LogP contribution in [0.25, 0.3) is 0 Å². The Morgan fingerprint density at radius 2 is 2.15 bits per heavy atom. The first-order valence-corrected chi connectivity index (χ1v) is 8.61. The number of carbonyl (C=O) groups is 1. The number of methoxy groups -OCH3 is 1. The van der Waals surface area contributed by atoms with E-state index < -0.39 is 0 Å². The molecule has 26 heavy (non-hydrogen) atoms. The molecule has 1 saturated carbocycles. The van der Waals surface area contributed by atoms with E-state index in [1.807, 2.05) is 54.9 Å². The van der Waals surface area contributed by atoms with Crippen LogP contribution in [0.1, 0.15) is 23.5 Å². The third kappa shape index (κ3) is 3.44. The smallest absolute Gasteiger partial charge is 0.229 e. The van der Waals surface area contributed by atoms with E-state index in [2.05, 4.69) is 15.4 Å². The molecule has 2 aromatic heterocycles. The fraction of sp³-hybridized carbons (Fsp3) is 0.250. The minimum Gasteiger partial charge on any atom is -0.496 e. The van der Waals surface area contributed by atoms with Crippen LogP contribution >= 0.6 is 0 Å². The average molecular weight is 348 g/mol. The van der Waals surface area contributed by atoms with E-state index in [0.29, 0.717) is 12.4 Å². The van der Waals surface area contributed by atoms with Gasteiger partial charge in [-0.05, 0) is 35.6 Å². The second-order valence-electron chi connectivity index (χ2n) is 6.44. The number of nitrogens with zero attached hydrogens (tertiary/aromatic N) is 3. The molecule has 0 radical (unpaired) electrons. The van der Waals surface area contributed by atoms with Crippen molar-refractivity contribution in [3.05, 3.63) is 72.2 Å². The van der Waals surface area contributed by atoms with Gasteiger partial charge in [-0.15, -0.1) is 0 Å². The number of aromatic nitrogens is 3. The van der Waals surface area contributed by atoms with Crippen molar-refractivity contribution in [3.63, 3.8) is 0 Å². The first kappa shape index (κ1) is 16.3. The van der Waals surface area contributed by atoms with Crippen LogP contribution in [0.5, 0.6) is 5.75 Å². The van der Waals surface area contributed by atoms with E-state index in [1.165, 1.54) is 0 Å². The number of nitrogens with one attached hydrogen (secondary N) is 1. The summed E-state index contributed by atoms with van der Waals surface area (Å²) in [6.07, 6.45) is 6.24. The summed E-state index contributed by atoms with van der Waals surface area (Å²) >= 11 is 0. The van der Waals surface area contributed by atoms with E-state index in [0.717, 1.165) is 23.3 Å². The number of amides is 1. The van der Waals surface area contributed by atoms with Gasteiger partial charge in [-0.2, -0.15) is 5.10 Å². The van der Waals surface area contributed by atoms with Gasteiger partial charge in [0.1, 0.15) is 5.75 Å². The Balaban J connectivity index is 1.37. The lowest BCUT2D eigenvalue weighted by molar-refractivity contribution is -0.117. The van der Waals surface area contributed by atoms with Crippen LogP contribution in [0, 0.1) is 5.92 Å². The fourth-order valence-electron chi connectivity index (χ4n) is 3.22. The van der Waals surface area contributed by atoms with E-state index >= 15 is 0 Å². The summed E-state index contributed by atoms with van der Waals surface area (Å²) in [5.74, 6) is 1.60. The van der Waals surface area contributed by atoms with Crippen molar-refractivity contribution in [1.29, 1.82) is 0 Å². The summed E-state index contributed by atoms with van der Waals surface area (Å²) in [4.78, 5) is 16.6. The van der Waals surface area contributed by atoms with Crippen molar-refractivity contribution in [1.82, 2.24) is 14.8 Å². The Morgan fingerprint density at radius 1 is 1.27 bits per heavy atom. The first-order valence-electron chi connectivity index (χ1n) is 8.61. The van der Waals surface area contributed by atoms with Crippen molar-refractivity contribution in [2.24, 2.45) is 5.92 Å². The molecule has 0 aliphatic heterocycles. The summed E-state index contributed by atoms with van der Waals surface area (Å²) in [5, 5.41) is 7.34. The number of benzene rings is 1. The molecule has 4 rings (SSSR count). The Morgan fingerprint density at radius 3 is 2.96 bits per heavy atom. The normalized spacial score (nSPS) is 18.3. The molecule has 0 unspecified atom stereocenters. The summed E-state index contributed by atoms with van der Waals surface area (Å²) < 4.78 is 7.19. The zero-order chi connectivity index (χ0) is 17.9. The van der Waals surface area contributed by atoms with Gasteiger partial charge in [0.25, 0.3) is 0 Å². The van der Waals surface area contributed by atoms with Crippen LogP contribution in [0.3, 0.4) is 0 Å². The maximum Gasteiger partial charge on any atom is 0.229 e. The average Bonchev–Trinajstić information content (AvgIpc) is 3.37. The zero-order valence-electron chi connectivity index (χ0n) is 14.5. The monoisotopic (exact) mass is 348 g/mol. The molecule has 2 atom stereocenters. The van der Waals surface area contributed by atoms with E-state index in [4.69, 9.17) is 4.74 Å². The molecule has 132 valence electrons.